The van der Waals surface area contributed by atoms with E-state index in [0.717, 1.165) is 30.8 Å². The van der Waals surface area contributed by atoms with Crippen LogP contribution in [0, 0.1) is 0 Å². The third-order valence-corrected chi connectivity index (χ3v) is 8.67. The number of hydrogen-bond acceptors (Lipinski definition) is 5. The van der Waals surface area contributed by atoms with Gasteiger partial charge < -0.3 is 4.74 Å². The minimum absolute atomic E-state index is 0.0477. The van der Waals surface area contributed by atoms with E-state index in [4.69, 9.17) is 4.74 Å². The lowest BCUT2D eigenvalue weighted by Crippen LogP contribution is -2.51. The molecule has 0 unspecified atom stereocenters. The molecule has 2 amide bonds. The zero-order valence-corrected chi connectivity index (χ0v) is 20.4. The molecule has 2 fully saturated rings. The van der Waals surface area contributed by atoms with Crippen LogP contribution < -0.4 is 14.5 Å². The standard InChI is InChI=1S/C28H27N3O3S/c1-34-23-13-11-22(12-14-23)31-26(32)18-35-28(31)24-9-5-6-10-25(24)30(27(28)33)19-29-16-15-21(17-29)20-7-3-2-4-8-20/h2-14,21H,15-19H2,1H3/t21-,28-/m0/s1. The average molecular weight is 486 g/mol. The predicted octanol–water partition coefficient (Wildman–Crippen LogP) is 4.42. The van der Waals surface area contributed by atoms with E-state index in [1.54, 1.807) is 12.0 Å². The van der Waals surface area contributed by atoms with Crippen LogP contribution in [-0.2, 0) is 14.5 Å². The van der Waals surface area contributed by atoms with Crippen molar-refractivity contribution in [2.75, 3.05) is 42.4 Å². The molecule has 3 aliphatic heterocycles. The maximum atomic E-state index is 14.2. The summed E-state index contributed by atoms with van der Waals surface area (Å²) in [5, 5.41) is 0. The summed E-state index contributed by atoms with van der Waals surface area (Å²) in [6.45, 7) is 2.37. The molecule has 1 spiro atoms. The number of amides is 2. The number of nitrogens with zero attached hydrogens (tertiary/aromatic N) is 3. The summed E-state index contributed by atoms with van der Waals surface area (Å²) < 4.78 is 5.30. The topological polar surface area (TPSA) is 53.1 Å². The van der Waals surface area contributed by atoms with Crippen molar-refractivity contribution in [3.8, 4) is 5.75 Å². The smallest absolute Gasteiger partial charge is 0.269 e. The molecule has 0 aromatic heterocycles. The van der Waals surface area contributed by atoms with Crippen LogP contribution in [0.15, 0.2) is 78.9 Å². The molecule has 3 aromatic carbocycles. The Morgan fingerprint density at radius 3 is 2.49 bits per heavy atom. The van der Waals surface area contributed by atoms with E-state index < -0.39 is 4.87 Å². The largest absolute Gasteiger partial charge is 0.497 e. The number of hydrogen-bond donors (Lipinski definition) is 0. The van der Waals surface area contributed by atoms with Crippen molar-refractivity contribution in [3.05, 3.63) is 90.0 Å². The highest BCUT2D eigenvalue weighted by Gasteiger charge is 2.61. The summed E-state index contributed by atoms with van der Waals surface area (Å²) in [4.78, 5) is 32.3. The minimum atomic E-state index is -1.08. The Labute approximate surface area is 209 Å². The van der Waals surface area contributed by atoms with Gasteiger partial charge in [0.1, 0.15) is 5.75 Å². The highest BCUT2D eigenvalue weighted by Crippen LogP contribution is 2.55. The third-order valence-electron chi connectivity index (χ3n) is 7.28. The van der Waals surface area contributed by atoms with Crippen molar-refractivity contribution in [3.63, 3.8) is 0 Å². The fourth-order valence-electron chi connectivity index (χ4n) is 5.59. The predicted molar refractivity (Wildman–Crippen MR) is 139 cm³/mol. The van der Waals surface area contributed by atoms with Gasteiger partial charge in [0, 0.05) is 24.3 Å². The molecule has 2 saturated heterocycles. The molecule has 6 rings (SSSR count). The van der Waals surface area contributed by atoms with E-state index in [-0.39, 0.29) is 17.6 Å². The fourth-order valence-corrected chi connectivity index (χ4v) is 6.95. The first-order valence-electron chi connectivity index (χ1n) is 11.9. The zero-order valence-electron chi connectivity index (χ0n) is 19.6. The molecule has 3 aromatic rings. The normalized spacial score (nSPS) is 24.0. The Hall–Kier alpha value is -3.29. The quantitative estimate of drug-likeness (QED) is 0.536. The van der Waals surface area contributed by atoms with Crippen LogP contribution in [0.2, 0.25) is 0 Å². The maximum Gasteiger partial charge on any atom is 0.269 e. The van der Waals surface area contributed by atoms with Crippen LogP contribution in [0.5, 0.6) is 5.75 Å². The highest BCUT2D eigenvalue weighted by molar-refractivity contribution is 8.02. The van der Waals surface area contributed by atoms with Crippen LogP contribution in [0.25, 0.3) is 0 Å². The maximum absolute atomic E-state index is 14.2. The molecule has 0 aliphatic carbocycles. The molecule has 0 bridgehead atoms. The SMILES string of the molecule is COc1ccc(N2C(=O)CS[C@@]23C(=O)N(CN2CC[C@H](c4ccccc4)C2)c2ccccc23)cc1. The number of carbonyl (C=O) groups is 2. The molecule has 7 heteroatoms. The van der Waals surface area contributed by atoms with Gasteiger partial charge in [-0.05, 0) is 48.2 Å². The van der Waals surface area contributed by atoms with Gasteiger partial charge in [-0.15, -0.1) is 11.8 Å². The van der Waals surface area contributed by atoms with Crippen LogP contribution in [0.1, 0.15) is 23.5 Å². The lowest BCUT2D eigenvalue weighted by Gasteiger charge is -2.34. The summed E-state index contributed by atoms with van der Waals surface area (Å²) in [5.74, 6) is 1.34. The van der Waals surface area contributed by atoms with Gasteiger partial charge in [-0.3, -0.25) is 24.3 Å². The number of ether oxygens (including phenoxy) is 1. The molecule has 3 heterocycles. The average Bonchev–Trinajstić information content (AvgIpc) is 3.58. The summed E-state index contributed by atoms with van der Waals surface area (Å²) in [7, 11) is 1.61. The Kier molecular flexibility index (Phi) is 5.54. The van der Waals surface area contributed by atoms with Gasteiger partial charge >= 0.3 is 0 Å². The molecule has 0 saturated carbocycles. The summed E-state index contributed by atoms with van der Waals surface area (Å²) in [6, 6.07) is 25.9. The van der Waals surface area contributed by atoms with E-state index in [2.05, 4.69) is 29.2 Å². The number of methoxy groups -OCH3 is 1. The molecule has 35 heavy (non-hydrogen) atoms. The molecular formula is C28H27N3O3S. The van der Waals surface area contributed by atoms with Crippen LogP contribution in [-0.4, -0.2) is 49.3 Å². The number of benzene rings is 3. The molecule has 3 aliphatic rings. The lowest BCUT2D eigenvalue weighted by molar-refractivity contribution is -0.123. The number of rotatable bonds is 5. The first kappa shape index (κ1) is 22.2. The number of likely N-dealkylation sites (tertiary alicyclic amines) is 1. The van der Waals surface area contributed by atoms with Crippen molar-refractivity contribution >= 4 is 35.0 Å². The van der Waals surface area contributed by atoms with Gasteiger partial charge in [-0.1, -0.05) is 48.5 Å². The Bertz CT molecular complexity index is 1270. The van der Waals surface area contributed by atoms with Crippen LogP contribution in [0.3, 0.4) is 0 Å². The van der Waals surface area contributed by atoms with Gasteiger partial charge in [0.05, 0.1) is 25.2 Å². The Balaban J connectivity index is 1.32. The van der Waals surface area contributed by atoms with Gasteiger partial charge in [-0.2, -0.15) is 0 Å². The van der Waals surface area contributed by atoms with E-state index in [1.807, 2.05) is 59.5 Å². The van der Waals surface area contributed by atoms with E-state index >= 15 is 0 Å². The van der Waals surface area contributed by atoms with Crippen LogP contribution in [0.4, 0.5) is 11.4 Å². The van der Waals surface area contributed by atoms with Crippen molar-refractivity contribution in [1.29, 1.82) is 0 Å². The first-order chi connectivity index (χ1) is 17.1. The number of carbonyl (C=O) groups excluding carboxylic acids is 2. The van der Waals surface area contributed by atoms with Crippen molar-refractivity contribution in [2.24, 2.45) is 0 Å². The summed E-state index contributed by atoms with van der Waals surface area (Å²) >= 11 is 1.42. The number of fused-ring (bicyclic) bond motifs is 2. The lowest BCUT2D eigenvalue weighted by atomic mass is 9.99. The monoisotopic (exact) mass is 485 g/mol. The van der Waals surface area contributed by atoms with Crippen molar-refractivity contribution in [2.45, 2.75) is 17.2 Å². The Morgan fingerprint density at radius 2 is 1.71 bits per heavy atom. The minimum Gasteiger partial charge on any atom is -0.497 e. The number of anilines is 2. The van der Waals surface area contributed by atoms with E-state index in [1.165, 1.54) is 17.3 Å². The second kappa shape index (κ2) is 8.73. The van der Waals surface area contributed by atoms with Gasteiger partial charge in [0.15, 0.2) is 0 Å². The van der Waals surface area contributed by atoms with E-state index in [9.17, 15) is 9.59 Å². The van der Waals surface area contributed by atoms with E-state index in [0.29, 0.717) is 24.0 Å². The van der Waals surface area contributed by atoms with Gasteiger partial charge in [-0.25, -0.2) is 0 Å². The molecule has 178 valence electrons. The number of thioether (sulfide) groups is 1. The second-order valence-corrected chi connectivity index (χ2v) is 10.4. The second-order valence-electron chi connectivity index (χ2n) is 9.22. The van der Waals surface area contributed by atoms with Crippen LogP contribution >= 0.6 is 11.8 Å². The molecule has 6 nitrogen and oxygen atoms in total. The highest BCUT2D eigenvalue weighted by atomic mass is 32.2. The zero-order chi connectivity index (χ0) is 24.0. The summed E-state index contributed by atoms with van der Waals surface area (Å²) in [6.07, 6.45) is 1.07. The Morgan fingerprint density at radius 1 is 0.971 bits per heavy atom. The van der Waals surface area contributed by atoms with Gasteiger partial charge in [0.25, 0.3) is 5.91 Å². The molecule has 0 radical (unpaired) electrons. The molecule has 2 atom stereocenters. The molecule has 0 N–H and O–H groups in total. The first-order valence-corrected chi connectivity index (χ1v) is 12.9. The van der Waals surface area contributed by atoms with Crippen molar-refractivity contribution < 1.29 is 14.3 Å². The third kappa shape index (κ3) is 3.53. The van der Waals surface area contributed by atoms with Crippen molar-refractivity contribution in [1.82, 2.24) is 4.90 Å². The number of para-hydroxylation sites is 1. The molecular weight excluding hydrogens is 458 g/mol. The fraction of sp³-hybridized carbons (Fsp3) is 0.286. The summed E-state index contributed by atoms with van der Waals surface area (Å²) in [5.41, 5.74) is 3.83. The van der Waals surface area contributed by atoms with Gasteiger partial charge in [0.2, 0.25) is 10.8 Å².